The fraction of sp³-hybridized carbons (Fsp3) is 0. The molecule has 0 bridgehead atoms. The van der Waals surface area contributed by atoms with Gasteiger partial charge >= 0.3 is 0 Å². The Morgan fingerprint density at radius 2 is 1.12 bits per heavy atom. The molecule has 0 radical (unpaired) electrons. The van der Waals surface area contributed by atoms with Crippen molar-refractivity contribution in [2.24, 2.45) is 10.2 Å². The minimum Gasteiger partial charge on any atom is -0.272 e. The quantitative estimate of drug-likeness (QED) is 0.455. The van der Waals surface area contributed by atoms with E-state index in [2.05, 4.69) is 21.1 Å². The average molecular weight is 328 g/mol. The fourth-order valence-electron chi connectivity index (χ4n) is 1.74. The van der Waals surface area contributed by atoms with E-state index >= 15 is 0 Å². The Labute approximate surface area is 135 Å². The predicted molar refractivity (Wildman–Crippen MR) is 90.4 cm³/mol. The van der Waals surface area contributed by atoms with E-state index < -0.39 is 9.85 Å². The van der Waals surface area contributed by atoms with E-state index in [0.29, 0.717) is 0 Å². The highest BCUT2D eigenvalue weighted by molar-refractivity contribution is 6.16. The molecule has 122 valence electrons. The van der Waals surface area contributed by atoms with Gasteiger partial charge in [-0.05, 0) is 12.1 Å². The first-order valence-electron chi connectivity index (χ1n) is 6.63. The summed E-state index contributed by atoms with van der Waals surface area (Å²) in [5, 5.41) is 29.2. The lowest BCUT2D eigenvalue weighted by Crippen LogP contribution is -1.98. The van der Waals surface area contributed by atoms with Gasteiger partial charge in [0.1, 0.15) is 11.4 Å². The van der Waals surface area contributed by atoms with E-state index in [0.717, 1.165) is 0 Å². The molecule has 0 atom stereocenters. The van der Waals surface area contributed by atoms with E-state index in [1.165, 1.54) is 36.7 Å². The SMILES string of the molecule is O=[N+]([O-])c1ccccc1N/N=C\C=N\Nc1ccccc1[N+](=O)[O-]. The van der Waals surface area contributed by atoms with Crippen molar-refractivity contribution < 1.29 is 9.85 Å². The maximum atomic E-state index is 10.8. The third-order valence-electron chi connectivity index (χ3n) is 2.79. The summed E-state index contributed by atoms with van der Waals surface area (Å²) in [5.74, 6) is 0. The number of anilines is 2. The maximum Gasteiger partial charge on any atom is 0.294 e. The molecular weight excluding hydrogens is 316 g/mol. The topological polar surface area (TPSA) is 135 Å². The zero-order valence-electron chi connectivity index (χ0n) is 12.2. The molecule has 2 aromatic carbocycles. The number of rotatable bonds is 7. The molecule has 0 saturated heterocycles. The van der Waals surface area contributed by atoms with Crippen LogP contribution in [0.3, 0.4) is 0 Å². The highest BCUT2D eigenvalue weighted by Crippen LogP contribution is 2.23. The molecule has 0 fully saturated rings. The Morgan fingerprint density at radius 3 is 1.50 bits per heavy atom. The van der Waals surface area contributed by atoms with Gasteiger partial charge in [-0.2, -0.15) is 10.2 Å². The minimum absolute atomic E-state index is 0.107. The number of nitro benzene ring substituents is 2. The van der Waals surface area contributed by atoms with Gasteiger partial charge in [0.15, 0.2) is 0 Å². The molecule has 10 heteroatoms. The molecule has 2 N–H and O–H groups in total. The second-order valence-electron chi connectivity index (χ2n) is 4.33. The van der Waals surface area contributed by atoms with Gasteiger partial charge < -0.3 is 0 Å². The predicted octanol–water partition coefficient (Wildman–Crippen LogP) is 3.00. The molecule has 0 amide bonds. The summed E-state index contributed by atoms with van der Waals surface area (Å²) >= 11 is 0. The van der Waals surface area contributed by atoms with Crippen LogP contribution >= 0.6 is 0 Å². The summed E-state index contributed by atoms with van der Waals surface area (Å²) < 4.78 is 0. The molecule has 0 aliphatic heterocycles. The summed E-state index contributed by atoms with van der Waals surface area (Å²) in [5.41, 5.74) is 5.30. The molecule has 0 unspecified atom stereocenters. The third-order valence-corrected chi connectivity index (χ3v) is 2.79. The standard InChI is InChI=1S/C14H12N6O4/c21-19(22)13-7-3-1-5-11(13)17-15-9-10-16-18-12-6-2-4-8-14(12)20(23)24/h1-10,17-18H/b15-9-,16-10+. The first-order valence-corrected chi connectivity index (χ1v) is 6.63. The smallest absolute Gasteiger partial charge is 0.272 e. The lowest BCUT2D eigenvalue weighted by atomic mass is 10.3. The molecule has 2 aromatic rings. The molecule has 0 spiro atoms. The van der Waals surface area contributed by atoms with Crippen molar-refractivity contribution in [1.82, 2.24) is 0 Å². The number of nitro groups is 2. The van der Waals surface area contributed by atoms with Gasteiger partial charge in [0.05, 0.1) is 22.3 Å². The second kappa shape index (κ2) is 7.98. The van der Waals surface area contributed by atoms with Crippen molar-refractivity contribution in [3.05, 3.63) is 68.8 Å². The van der Waals surface area contributed by atoms with Crippen molar-refractivity contribution in [3.63, 3.8) is 0 Å². The number of hydrogen-bond donors (Lipinski definition) is 2. The molecule has 0 saturated carbocycles. The summed E-state index contributed by atoms with van der Waals surface area (Å²) in [7, 11) is 0. The van der Waals surface area contributed by atoms with Crippen LogP contribution in [-0.2, 0) is 0 Å². The van der Waals surface area contributed by atoms with Crippen LogP contribution in [0.5, 0.6) is 0 Å². The van der Waals surface area contributed by atoms with Crippen LogP contribution in [0.1, 0.15) is 0 Å². The lowest BCUT2D eigenvalue weighted by molar-refractivity contribution is -0.384. The maximum absolute atomic E-state index is 10.8. The van der Waals surface area contributed by atoms with E-state index in [1.54, 1.807) is 24.3 Å². The highest BCUT2D eigenvalue weighted by atomic mass is 16.6. The van der Waals surface area contributed by atoms with Crippen LogP contribution in [0.2, 0.25) is 0 Å². The lowest BCUT2D eigenvalue weighted by Gasteiger charge is -2.00. The number of nitrogens with one attached hydrogen (secondary N) is 2. The van der Waals surface area contributed by atoms with E-state index in [-0.39, 0.29) is 22.7 Å². The Morgan fingerprint density at radius 1 is 0.750 bits per heavy atom. The Kier molecular flexibility index (Phi) is 5.50. The largest absolute Gasteiger partial charge is 0.294 e. The van der Waals surface area contributed by atoms with Crippen LogP contribution in [0.15, 0.2) is 58.7 Å². The minimum atomic E-state index is -0.526. The zero-order valence-corrected chi connectivity index (χ0v) is 12.2. The number of para-hydroxylation sites is 4. The average Bonchev–Trinajstić information content (AvgIpc) is 2.58. The first-order chi connectivity index (χ1) is 11.6. The van der Waals surface area contributed by atoms with Crippen LogP contribution in [-0.4, -0.2) is 22.3 Å². The number of benzene rings is 2. The van der Waals surface area contributed by atoms with Crippen molar-refractivity contribution in [2.75, 3.05) is 10.9 Å². The fourth-order valence-corrected chi connectivity index (χ4v) is 1.74. The van der Waals surface area contributed by atoms with E-state index in [9.17, 15) is 20.2 Å². The van der Waals surface area contributed by atoms with Crippen LogP contribution < -0.4 is 10.9 Å². The van der Waals surface area contributed by atoms with E-state index in [4.69, 9.17) is 0 Å². The molecule has 2 rings (SSSR count). The van der Waals surface area contributed by atoms with Gasteiger partial charge in [-0.15, -0.1) is 0 Å². The van der Waals surface area contributed by atoms with Crippen molar-refractivity contribution in [2.45, 2.75) is 0 Å². The van der Waals surface area contributed by atoms with Gasteiger partial charge in [-0.25, -0.2) is 0 Å². The Bertz CT molecular complexity index is 738. The molecule has 0 heterocycles. The first kappa shape index (κ1) is 16.5. The van der Waals surface area contributed by atoms with Gasteiger partial charge in [0.25, 0.3) is 11.4 Å². The number of hydrazone groups is 2. The van der Waals surface area contributed by atoms with Crippen molar-refractivity contribution in [3.8, 4) is 0 Å². The van der Waals surface area contributed by atoms with Gasteiger partial charge in [0, 0.05) is 12.1 Å². The Balaban J connectivity index is 1.95. The van der Waals surface area contributed by atoms with Crippen molar-refractivity contribution in [1.29, 1.82) is 0 Å². The molecule has 10 nitrogen and oxygen atoms in total. The summed E-state index contributed by atoms with van der Waals surface area (Å²) in [6.07, 6.45) is 2.50. The second-order valence-corrected chi connectivity index (χ2v) is 4.33. The van der Waals surface area contributed by atoms with E-state index in [1.807, 2.05) is 0 Å². The van der Waals surface area contributed by atoms with Crippen molar-refractivity contribution >= 4 is 35.2 Å². The monoisotopic (exact) mass is 328 g/mol. The molecular formula is C14H12N6O4. The van der Waals surface area contributed by atoms with Gasteiger partial charge in [0.2, 0.25) is 0 Å². The van der Waals surface area contributed by atoms with Gasteiger partial charge in [-0.3, -0.25) is 31.1 Å². The van der Waals surface area contributed by atoms with Gasteiger partial charge in [-0.1, -0.05) is 24.3 Å². The van der Waals surface area contributed by atoms with Crippen LogP contribution in [0.4, 0.5) is 22.7 Å². The third kappa shape index (κ3) is 4.34. The normalized spacial score (nSPS) is 10.8. The molecule has 0 aliphatic carbocycles. The highest BCUT2D eigenvalue weighted by Gasteiger charge is 2.11. The molecule has 24 heavy (non-hydrogen) atoms. The summed E-state index contributed by atoms with van der Waals surface area (Å²) in [6.45, 7) is 0. The Hall–Kier alpha value is -3.82. The van der Waals surface area contributed by atoms with Crippen LogP contribution in [0, 0.1) is 20.2 Å². The molecule has 0 aromatic heterocycles. The zero-order chi connectivity index (χ0) is 17.4. The summed E-state index contributed by atoms with van der Waals surface area (Å²) in [6, 6.07) is 12.1. The number of hydrogen-bond acceptors (Lipinski definition) is 8. The summed E-state index contributed by atoms with van der Waals surface area (Å²) in [4.78, 5) is 20.6. The molecule has 0 aliphatic rings. The number of nitrogens with zero attached hydrogens (tertiary/aromatic N) is 4. The van der Waals surface area contributed by atoms with Crippen LogP contribution in [0.25, 0.3) is 0 Å².